The van der Waals surface area contributed by atoms with Crippen molar-refractivity contribution in [2.45, 2.75) is 25.9 Å². The average Bonchev–Trinajstić information content (AvgIpc) is 3.13. The highest BCUT2D eigenvalue weighted by atomic mass is 16.5. The topological polar surface area (TPSA) is 38.7 Å². The maximum atomic E-state index is 9.01. The lowest BCUT2D eigenvalue weighted by Gasteiger charge is -2.11. The van der Waals surface area contributed by atoms with Gasteiger partial charge in [-0.15, -0.1) is 0 Å². The van der Waals surface area contributed by atoms with Gasteiger partial charge in [-0.2, -0.15) is 0 Å². The highest BCUT2D eigenvalue weighted by Crippen LogP contribution is 2.33. The molecule has 1 aliphatic carbocycles. The van der Waals surface area contributed by atoms with Gasteiger partial charge in [0.25, 0.3) is 0 Å². The van der Waals surface area contributed by atoms with Crippen LogP contribution in [0.25, 0.3) is 0 Å². The lowest BCUT2D eigenvalue weighted by atomic mass is 10.2. The molecule has 0 heterocycles. The zero-order valence-corrected chi connectivity index (χ0v) is 9.61. The Morgan fingerprint density at radius 3 is 2.75 bits per heavy atom. The van der Waals surface area contributed by atoms with Gasteiger partial charge in [0.15, 0.2) is 11.5 Å². The van der Waals surface area contributed by atoms with Crippen LogP contribution in [0.4, 0.5) is 0 Å². The standard InChI is InChI=1S/C13H18O3/c1-15-13-8-11(9-14)4-5-12(13)16-7-6-10-2-3-10/h4-5,8,10,14H,2-3,6-7,9H2,1H3. The predicted octanol–water partition coefficient (Wildman–Crippen LogP) is 2.37. The zero-order valence-electron chi connectivity index (χ0n) is 9.61. The number of methoxy groups -OCH3 is 1. The van der Waals surface area contributed by atoms with Crippen LogP contribution in [0.1, 0.15) is 24.8 Å². The minimum atomic E-state index is 0.0265. The Morgan fingerprint density at radius 1 is 1.31 bits per heavy atom. The van der Waals surface area contributed by atoms with E-state index in [0.29, 0.717) is 5.75 Å². The van der Waals surface area contributed by atoms with Crippen molar-refractivity contribution in [2.75, 3.05) is 13.7 Å². The molecule has 2 rings (SSSR count). The van der Waals surface area contributed by atoms with E-state index in [1.165, 1.54) is 12.8 Å². The molecule has 1 aromatic rings. The summed E-state index contributed by atoms with van der Waals surface area (Å²) in [4.78, 5) is 0. The molecule has 0 amide bonds. The Hall–Kier alpha value is -1.22. The second-order valence-corrected chi connectivity index (χ2v) is 4.22. The maximum absolute atomic E-state index is 9.01. The third kappa shape index (κ3) is 2.89. The van der Waals surface area contributed by atoms with Gasteiger partial charge < -0.3 is 14.6 Å². The Kier molecular flexibility index (Phi) is 3.67. The van der Waals surface area contributed by atoms with E-state index < -0.39 is 0 Å². The number of hydrogen-bond acceptors (Lipinski definition) is 3. The van der Waals surface area contributed by atoms with Crippen molar-refractivity contribution in [3.05, 3.63) is 23.8 Å². The predicted molar refractivity (Wildman–Crippen MR) is 61.8 cm³/mol. The number of rotatable bonds is 6. The van der Waals surface area contributed by atoms with Crippen LogP contribution in [0.5, 0.6) is 11.5 Å². The van der Waals surface area contributed by atoms with E-state index in [2.05, 4.69) is 0 Å². The maximum Gasteiger partial charge on any atom is 0.161 e. The van der Waals surface area contributed by atoms with E-state index in [0.717, 1.165) is 30.3 Å². The lowest BCUT2D eigenvalue weighted by molar-refractivity contribution is 0.274. The Morgan fingerprint density at radius 2 is 2.12 bits per heavy atom. The van der Waals surface area contributed by atoms with Crippen molar-refractivity contribution >= 4 is 0 Å². The molecule has 3 heteroatoms. The molecule has 0 bridgehead atoms. The van der Waals surface area contributed by atoms with Crippen LogP contribution in [0.3, 0.4) is 0 Å². The van der Waals surface area contributed by atoms with Gasteiger partial charge in [0, 0.05) is 0 Å². The first-order valence-corrected chi connectivity index (χ1v) is 5.74. The molecule has 0 atom stereocenters. The van der Waals surface area contributed by atoms with E-state index in [9.17, 15) is 0 Å². The Bertz CT molecular complexity index is 345. The van der Waals surface area contributed by atoms with E-state index in [4.69, 9.17) is 14.6 Å². The van der Waals surface area contributed by atoms with Crippen molar-refractivity contribution in [1.82, 2.24) is 0 Å². The van der Waals surface area contributed by atoms with Gasteiger partial charge in [-0.05, 0) is 30.0 Å². The van der Waals surface area contributed by atoms with Crippen LogP contribution in [0, 0.1) is 5.92 Å². The summed E-state index contributed by atoms with van der Waals surface area (Å²) in [5, 5.41) is 9.01. The summed E-state index contributed by atoms with van der Waals surface area (Å²) < 4.78 is 10.9. The first kappa shape index (κ1) is 11.3. The molecule has 1 saturated carbocycles. The first-order chi connectivity index (χ1) is 7.83. The summed E-state index contributed by atoms with van der Waals surface area (Å²) in [6.45, 7) is 0.776. The van der Waals surface area contributed by atoms with E-state index >= 15 is 0 Å². The van der Waals surface area contributed by atoms with Gasteiger partial charge in [0.1, 0.15) is 0 Å². The normalized spacial score (nSPS) is 14.9. The second-order valence-electron chi connectivity index (χ2n) is 4.22. The number of aliphatic hydroxyl groups excluding tert-OH is 1. The summed E-state index contributed by atoms with van der Waals surface area (Å²) in [6, 6.07) is 5.53. The largest absolute Gasteiger partial charge is 0.493 e. The molecule has 1 fully saturated rings. The molecular formula is C13H18O3. The number of hydrogen-bond donors (Lipinski definition) is 1. The molecule has 3 nitrogen and oxygen atoms in total. The van der Waals surface area contributed by atoms with Gasteiger partial charge in [-0.1, -0.05) is 18.9 Å². The van der Waals surface area contributed by atoms with Crippen molar-refractivity contribution in [1.29, 1.82) is 0 Å². The fraction of sp³-hybridized carbons (Fsp3) is 0.538. The Labute approximate surface area is 96.0 Å². The van der Waals surface area contributed by atoms with Crippen LogP contribution >= 0.6 is 0 Å². The summed E-state index contributed by atoms with van der Waals surface area (Å²) in [6.07, 6.45) is 3.83. The fourth-order valence-corrected chi connectivity index (χ4v) is 1.67. The number of benzene rings is 1. The molecule has 88 valence electrons. The van der Waals surface area contributed by atoms with Crippen LogP contribution in [-0.2, 0) is 6.61 Å². The highest BCUT2D eigenvalue weighted by molar-refractivity contribution is 5.42. The molecule has 0 spiro atoms. The van der Waals surface area contributed by atoms with Crippen molar-refractivity contribution in [2.24, 2.45) is 5.92 Å². The van der Waals surface area contributed by atoms with Gasteiger partial charge >= 0.3 is 0 Å². The second kappa shape index (κ2) is 5.21. The highest BCUT2D eigenvalue weighted by Gasteiger charge is 2.20. The smallest absolute Gasteiger partial charge is 0.161 e. The summed E-state index contributed by atoms with van der Waals surface area (Å²) in [7, 11) is 1.62. The van der Waals surface area contributed by atoms with Crippen LogP contribution < -0.4 is 9.47 Å². The van der Waals surface area contributed by atoms with Crippen molar-refractivity contribution in [3.63, 3.8) is 0 Å². The minimum absolute atomic E-state index is 0.0265. The summed E-state index contributed by atoms with van der Waals surface area (Å²) in [5.41, 5.74) is 0.839. The quantitative estimate of drug-likeness (QED) is 0.803. The molecule has 1 aliphatic rings. The first-order valence-electron chi connectivity index (χ1n) is 5.74. The van der Waals surface area contributed by atoms with Gasteiger partial charge in [0.2, 0.25) is 0 Å². The van der Waals surface area contributed by atoms with Gasteiger partial charge in [0.05, 0.1) is 20.3 Å². The van der Waals surface area contributed by atoms with Crippen molar-refractivity contribution in [3.8, 4) is 11.5 Å². The average molecular weight is 222 g/mol. The van der Waals surface area contributed by atoms with Crippen LogP contribution in [0.15, 0.2) is 18.2 Å². The molecule has 0 aliphatic heterocycles. The molecule has 1 aromatic carbocycles. The van der Waals surface area contributed by atoms with Crippen molar-refractivity contribution < 1.29 is 14.6 Å². The molecule has 0 unspecified atom stereocenters. The molecule has 0 aromatic heterocycles. The SMILES string of the molecule is COc1cc(CO)ccc1OCCC1CC1. The van der Waals surface area contributed by atoms with Crippen LogP contribution in [0.2, 0.25) is 0 Å². The zero-order chi connectivity index (χ0) is 11.4. The van der Waals surface area contributed by atoms with Gasteiger partial charge in [-0.25, -0.2) is 0 Å². The summed E-state index contributed by atoms with van der Waals surface area (Å²) >= 11 is 0. The van der Waals surface area contributed by atoms with Crippen LogP contribution in [-0.4, -0.2) is 18.8 Å². The molecule has 0 radical (unpaired) electrons. The van der Waals surface area contributed by atoms with E-state index in [-0.39, 0.29) is 6.61 Å². The molecule has 0 saturated heterocycles. The lowest BCUT2D eigenvalue weighted by Crippen LogP contribution is -2.00. The Balaban J connectivity index is 1.94. The fourth-order valence-electron chi connectivity index (χ4n) is 1.67. The molecular weight excluding hydrogens is 204 g/mol. The third-order valence-electron chi connectivity index (χ3n) is 2.89. The minimum Gasteiger partial charge on any atom is -0.493 e. The van der Waals surface area contributed by atoms with E-state index in [1.807, 2.05) is 18.2 Å². The third-order valence-corrected chi connectivity index (χ3v) is 2.89. The van der Waals surface area contributed by atoms with Gasteiger partial charge in [-0.3, -0.25) is 0 Å². The number of ether oxygens (including phenoxy) is 2. The molecule has 1 N–H and O–H groups in total. The monoisotopic (exact) mass is 222 g/mol. The molecule has 16 heavy (non-hydrogen) atoms. The summed E-state index contributed by atoms with van der Waals surface area (Å²) in [5.74, 6) is 2.34. The number of aliphatic hydroxyl groups is 1. The van der Waals surface area contributed by atoms with E-state index in [1.54, 1.807) is 7.11 Å².